The number of sulfone groups is 1. The van der Waals surface area contributed by atoms with Crippen LogP contribution in [0.2, 0.25) is 0 Å². The van der Waals surface area contributed by atoms with Gasteiger partial charge in [0.1, 0.15) is 5.82 Å². The number of aromatic amines is 1. The Morgan fingerprint density at radius 2 is 2.06 bits per heavy atom. The maximum atomic E-state index is 11.6. The molecule has 102 valence electrons. The van der Waals surface area contributed by atoms with Gasteiger partial charge in [-0.1, -0.05) is 25.7 Å². The second-order valence-electron chi connectivity index (χ2n) is 4.80. The molecular weight excluding hydrogens is 254 g/mol. The van der Waals surface area contributed by atoms with Crippen LogP contribution in [0, 0.1) is 5.92 Å². The van der Waals surface area contributed by atoms with Crippen LogP contribution < -0.4 is 0 Å². The summed E-state index contributed by atoms with van der Waals surface area (Å²) in [4.78, 5) is 4.00. The number of nitrogens with one attached hydrogen (secondary N) is 1. The van der Waals surface area contributed by atoms with Crippen molar-refractivity contribution in [2.45, 2.75) is 43.7 Å². The lowest BCUT2D eigenvalue weighted by Crippen LogP contribution is -2.11. The molecule has 1 fully saturated rings. The summed E-state index contributed by atoms with van der Waals surface area (Å²) < 4.78 is 23.2. The molecule has 2 N–H and O–H groups in total. The number of H-pyrrole nitrogens is 1. The number of nitrogens with zero attached hydrogens (tertiary/aromatic N) is 2. The van der Waals surface area contributed by atoms with Crippen molar-refractivity contribution in [2.75, 3.05) is 12.4 Å². The normalized spacial score (nSPS) is 17.4. The van der Waals surface area contributed by atoms with Gasteiger partial charge >= 0.3 is 0 Å². The summed E-state index contributed by atoms with van der Waals surface area (Å²) in [6, 6.07) is 0. The van der Waals surface area contributed by atoms with Crippen LogP contribution in [-0.2, 0) is 16.3 Å². The van der Waals surface area contributed by atoms with Crippen molar-refractivity contribution in [3.8, 4) is 0 Å². The Morgan fingerprint density at radius 1 is 1.33 bits per heavy atom. The van der Waals surface area contributed by atoms with Crippen LogP contribution in [0.15, 0.2) is 5.16 Å². The van der Waals surface area contributed by atoms with E-state index in [1.165, 1.54) is 25.7 Å². The zero-order chi connectivity index (χ0) is 13.0. The molecule has 6 nitrogen and oxygen atoms in total. The Kier molecular flexibility index (Phi) is 4.34. The molecule has 0 aliphatic heterocycles. The van der Waals surface area contributed by atoms with E-state index in [-0.39, 0.29) is 10.9 Å². The highest BCUT2D eigenvalue weighted by Crippen LogP contribution is 2.28. The predicted octanol–water partition coefficient (Wildman–Crippen LogP) is 0.693. The molecule has 18 heavy (non-hydrogen) atoms. The molecule has 0 saturated heterocycles. The highest BCUT2D eigenvalue weighted by atomic mass is 32.2. The van der Waals surface area contributed by atoms with Crippen molar-refractivity contribution in [2.24, 2.45) is 5.92 Å². The van der Waals surface area contributed by atoms with Gasteiger partial charge in [-0.3, -0.25) is 5.10 Å². The Balaban J connectivity index is 1.93. The molecule has 1 aromatic rings. The van der Waals surface area contributed by atoms with Gasteiger partial charge in [0.15, 0.2) is 0 Å². The molecule has 0 radical (unpaired) electrons. The lowest BCUT2D eigenvalue weighted by Gasteiger charge is -2.05. The minimum absolute atomic E-state index is 0.196. The molecule has 0 bridgehead atoms. The molecule has 1 aliphatic rings. The number of aryl methyl sites for hydroxylation is 1. The number of hydrogen-bond donors (Lipinski definition) is 2. The Morgan fingerprint density at radius 3 is 2.72 bits per heavy atom. The van der Waals surface area contributed by atoms with E-state index in [9.17, 15) is 8.42 Å². The fourth-order valence-corrected chi connectivity index (χ4v) is 3.24. The third-order valence-electron chi connectivity index (χ3n) is 3.41. The van der Waals surface area contributed by atoms with Crippen molar-refractivity contribution in [1.29, 1.82) is 0 Å². The van der Waals surface area contributed by atoms with Crippen molar-refractivity contribution in [3.05, 3.63) is 5.82 Å². The molecule has 2 rings (SSSR count). The van der Waals surface area contributed by atoms with E-state index in [2.05, 4.69) is 15.2 Å². The SMILES string of the molecule is O=S(=O)(CCO)c1n[nH]c(CCC2CCCC2)n1. The van der Waals surface area contributed by atoms with Crippen LogP contribution in [0.4, 0.5) is 0 Å². The summed E-state index contributed by atoms with van der Waals surface area (Å²) >= 11 is 0. The van der Waals surface area contributed by atoms with Gasteiger partial charge in [-0.15, -0.1) is 5.10 Å². The highest BCUT2D eigenvalue weighted by Gasteiger charge is 2.20. The van der Waals surface area contributed by atoms with Gasteiger partial charge in [0.05, 0.1) is 12.4 Å². The molecule has 7 heteroatoms. The number of rotatable bonds is 6. The number of aliphatic hydroxyl groups is 1. The van der Waals surface area contributed by atoms with E-state index in [1.807, 2.05) is 0 Å². The average Bonchev–Trinajstić information content (AvgIpc) is 2.98. The first kappa shape index (κ1) is 13.5. The zero-order valence-corrected chi connectivity index (χ0v) is 11.1. The van der Waals surface area contributed by atoms with Crippen molar-refractivity contribution in [3.63, 3.8) is 0 Å². The first-order valence-corrected chi connectivity index (χ1v) is 8.02. The van der Waals surface area contributed by atoms with Gasteiger partial charge in [0, 0.05) is 6.42 Å². The van der Waals surface area contributed by atoms with Crippen molar-refractivity contribution in [1.82, 2.24) is 15.2 Å². The topological polar surface area (TPSA) is 95.9 Å². The molecule has 0 unspecified atom stereocenters. The Bertz CT molecular complexity index is 477. The van der Waals surface area contributed by atoms with Gasteiger partial charge in [-0.25, -0.2) is 13.4 Å². The Labute approximate surface area is 107 Å². The minimum Gasteiger partial charge on any atom is -0.395 e. The van der Waals surface area contributed by atoms with E-state index < -0.39 is 16.4 Å². The second-order valence-corrected chi connectivity index (χ2v) is 6.80. The molecular formula is C11H19N3O3S. The van der Waals surface area contributed by atoms with Crippen LogP contribution >= 0.6 is 0 Å². The highest BCUT2D eigenvalue weighted by molar-refractivity contribution is 7.91. The van der Waals surface area contributed by atoms with Crippen LogP contribution in [0.25, 0.3) is 0 Å². The van der Waals surface area contributed by atoms with Gasteiger partial charge in [-0.2, -0.15) is 0 Å². The fraction of sp³-hybridized carbons (Fsp3) is 0.818. The summed E-state index contributed by atoms with van der Waals surface area (Å²) in [5, 5.41) is 14.9. The second kappa shape index (κ2) is 5.79. The smallest absolute Gasteiger partial charge is 0.266 e. The number of aromatic nitrogens is 3. The number of aliphatic hydroxyl groups excluding tert-OH is 1. The van der Waals surface area contributed by atoms with Crippen LogP contribution in [0.5, 0.6) is 0 Å². The molecule has 0 spiro atoms. The van der Waals surface area contributed by atoms with Crippen molar-refractivity contribution >= 4 is 9.84 Å². The van der Waals surface area contributed by atoms with Crippen LogP contribution in [0.3, 0.4) is 0 Å². The standard InChI is InChI=1S/C11H19N3O3S/c15-7-8-18(16,17)11-12-10(13-14-11)6-5-9-3-1-2-4-9/h9,15H,1-8H2,(H,12,13,14). The lowest BCUT2D eigenvalue weighted by atomic mass is 10.0. The predicted molar refractivity (Wildman–Crippen MR) is 65.8 cm³/mol. The first-order valence-electron chi connectivity index (χ1n) is 6.37. The minimum atomic E-state index is -3.53. The third-order valence-corrected chi connectivity index (χ3v) is 4.87. The summed E-state index contributed by atoms with van der Waals surface area (Å²) in [6.07, 6.45) is 6.92. The maximum absolute atomic E-state index is 11.6. The van der Waals surface area contributed by atoms with Gasteiger partial charge in [0.2, 0.25) is 9.84 Å². The van der Waals surface area contributed by atoms with Crippen LogP contribution in [0.1, 0.15) is 37.9 Å². The third kappa shape index (κ3) is 3.29. The quantitative estimate of drug-likeness (QED) is 0.795. The molecule has 0 amide bonds. The summed E-state index contributed by atoms with van der Waals surface area (Å²) in [5.74, 6) is 1.04. The van der Waals surface area contributed by atoms with E-state index >= 15 is 0 Å². The molecule has 1 saturated carbocycles. The molecule has 0 aromatic carbocycles. The molecule has 1 aliphatic carbocycles. The molecule has 1 heterocycles. The molecule has 1 aromatic heterocycles. The van der Waals surface area contributed by atoms with E-state index in [1.54, 1.807) is 0 Å². The van der Waals surface area contributed by atoms with E-state index in [4.69, 9.17) is 5.11 Å². The summed E-state index contributed by atoms with van der Waals surface area (Å²) in [5.41, 5.74) is 0. The largest absolute Gasteiger partial charge is 0.395 e. The maximum Gasteiger partial charge on any atom is 0.266 e. The van der Waals surface area contributed by atoms with Gasteiger partial charge in [-0.05, 0) is 12.3 Å². The number of hydrogen-bond acceptors (Lipinski definition) is 5. The Hall–Kier alpha value is -0.950. The van der Waals surface area contributed by atoms with Gasteiger partial charge in [0.25, 0.3) is 5.16 Å². The average molecular weight is 273 g/mol. The first-order chi connectivity index (χ1) is 8.62. The summed E-state index contributed by atoms with van der Waals surface area (Å²) in [6.45, 7) is -0.408. The lowest BCUT2D eigenvalue weighted by molar-refractivity contribution is 0.319. The van der Waals surface area contributed by atoms with E-state index in [0.717, 1.165) is 18.8 Å². The van der Waals surface area contributed by atoms with E-state index in [0.29, 0.717) is 5.82 Å². The van der Waals surface area contributed by atoms with Crippen LogP contribution in [-0.4, -0.2) is 41.1 Å². The monoisotopic (exact) mass is 273 g/mol. The fourth-order valence-electron chi connectivity index (χ4n) is 2.38. The van der Waals surface area contributed by atoms with Gasteiger partial charge < -0.3 is 5.11 Å². The van der Waals surface area contributed by atoms with Crippen molar-refractivity contribution < 1.29 is 13.5 Å². The zero-order valence-electron chi connectivity index (χ0n) is 10.3. The molecule has 0 atom stereocenters. The summed E-state index contributed by atoms with van der Waals surface area (Å²) in [7, 11) is -3.53.